The third kappa shape index (κ3) is 5.17. The number of benzene rings is 1. The maximum Gasteiger partial charge on any atom is 0.293 e. The maximum atomic E-state index is 14.4. The molecule has 2 aromatic heterocycles. The number of aromatic nitrogens is 2. The highest BCUT2D eigenvalue weighted by Crippen LogP contribution is 2.34. The van der Waals surface area contributed by atoms with Crippen LogP contribution in [0.15, 0.2) is 30.6 Å². The summed E-state index contributed by atoms with van der Waals surface area (Å²) in [5, 5.41) is 21.7. The molecule has 1 aromatic carbocycles. The van der Waals surface area contributed by atoms with Crippen molar-refractivity contribution in [1.82, 2.24) is 15.0 Å². The van der Waals surface area contributed by atoms with Gasteiger partial charge in [-0.05, 0) is 31.0 Å². The zero-order chi connectivity index (χ0) is 23.0. The molecule has 0 aliphatic rings. The van der Waals surface area contributed by atoms with Crippen LogP contribution in [0.2, 0.25) is 0 Å². The van der Waals surface area contributed by atoms with E-state index in [9.17, 15) is 14.4 Å². The Labute approximate surface area is 180 Å². The molecule has 0 saturated carbocycles. The third-order valence-corrected chi connectivity index (χ3v) is 4.38. The van der Waals surface area contributed by atoms with Crippen molar-refractivity contribution in [3.63, 3.8) is 0 Å². The summed E-state index contributed by atoms with van der Waals surface area (Å²) in [6, 6.07) is 6.75. The number of carbonyl (C=O) groups excluding carboxylic acids is 1. The SMILES string of the molecule is CC.Cc1ccc(Nc2c(C(=O)NOCCCO)n(C)c3c(C#N)cncc23)c(F)c1. The van der Waals surface area contributed by atoms with Crippen LogP contribution in [0.25, 0.3) is 10.9 Å². The molecule has 0 saturated heterocycles. The summed E-state index contributed by atoms with van der Waals surface area (Å²) in [4.78, 5) is 21.9. The minimum absolute atomic E-state index is 0.0688. The van der Waals surface area contributed by atoms with Crippen molar-refractivity contribution in [3.8, 4) is 6.07 Å². The predicted octanol–water partition coefficient (Wildman–Crippen LogP) is 3.71. The lowest BCUT2D eigenvalue weighted by atomic mass is 10.2. The number of aliphatic hydroxyl groups is 1. The first-order chi connectivity index (χ1) is 15.0. The first-order valence-electron chi connectivity index (χ1n) is 9.90. The molecule has 164 valence electrons. The van der Waals surface area contributed by atoms with E-state index in [0.717, 1.165) is 5.56 Å². The molecule has 0 aliphatic carbocycles. The maximum absolute atomic E-state index is 14.4. The average molecular weight is 427 g/mol. The van der Waals surface area contributed by atoms with Crippen molar-refractivity contribution >= 4 is 28.2 Å². The number of hydrogen-bond acceptors (Lipinski definition) is 6. The standard InChI is InChI=1S/C20H20FN5O3.C2H6/c1-12-4-5-16(15(21)8-12)24-17-14-11-23-10-13(9-22)18(14)26(2)19(17)20(28)25-29-7-3-6-27;1-2/h4-5,8,10-11,24,27H,3,6-7H2,1-2H3,(H,25,28);1-2H3. The lowest BCUT2D eigenvalue weighted by Gasteiger charge is -2.12. The smallest absolute Gasteiger partial charge is 0.293 e. The van der Waals surface area contributed by atoms with Crippen LogP contribution >= 0.6 is 0 Å². The van der Waals surface area contributed by atoms with Gasteiger partial charge in [-0.15, -0.1) is 0 Å². The molecule has 0 fully saturated rings. The highest BCUT2D eigenvalue weighted by atomic mass is 19.1. The summed E-state index contributed by atoms with van der Waals surface area (Å²) in [5.74, 6) is -1.06. The summed E-state index contributed by atoms with van der Waals surface area (Å²) in [6.45, 7) is 5.84. The van der Waals surface area contributed by atoms with Gasteiger partial charge in [0.05, 0.1) is 29.1 Å². The number of aryl methyl sites for hydroxylation is 2. The van der Waals surface area contributed by atoms with Crippen LogP contribution < -0.4 is 10.8 Å². The molecule has 31 heavy (non-hydrogen) atoms. The van der Waals surface area contributed by atoms with Gasteiger partial charge in [0.25, 0.3) is 5.91 Å². The second-order valence-corrected chi connectivity index (χ2v) is 6.44. The van der Waals surface area contributed by atoms with E-state index in [1.807, 2.05) is 13.8 Å². The van der Waals surface area contributed by atoms with Crippen molar-refractivity contribution in [2.75, 3.05) is 18.5 Å². The molecule has 3 rings (SSSR count). The fourth-order valence-electron chi connectivity index (χ4n) is 3.04. The van der Waals surface area contributed by atoms with Gasteiger partial charge in [-0.25, -0.2) is 9.87 Å². The zero-order valence-corrected chi connectivity index (χ0v) is 18.0. The molecule has 9 heteroatoms. The van der Waals surface area contributed by atoms with Crippen LogP contribution in [0.5, 0.6) is 0 Å². The Hall–Kier alpha value is -3.48. The molecule has 0 aliphatic heterocycles. The van der Waals surface area contributed by atoms with Gasteiger partial charge in [-0.1, -0.05) is 19.9 Å². The van der Waals surface area contributed by atoms with Gasteiger partial charge in [-0.2, -0.15) is 5.26 Å². The molecular weight excluding hydrogens is 401 g/mol. The molecule has 2 heterocycles. The fraction of sp³-hybridized carbons (Fsp3) is 0.318. The molecule has 8 nitrogen and oxygen atoms in total. The van der Waals surface area contributed by atoms with E-state index in [0.29, 0.717) is 23.0 Å². The summed E-state index contributed by atoms with van der Waals surface area (Å²) in [7, 11) is 1.63. The molecule has 0 bridgehead atoms. The van der Waals surface area contributed by atoms with Gasteiger partial charge in [0.2, 0.25) is 0 Å². The van der Waals surface area contributed by atoms with Gasteiger partial charge in [0.15, 0.2) is 0 Å². The van der Waals surface area contributed by atoms with Crippen molar-refractivity contribution in [1.29, 1.82) is 5.26 Å². The van der Waals surface area contributed by atoms with E-state index in [1.165, 1.54) is 23.0 Å². The number of fused-ring (bicyclic) bond motifs is 1. The number of nitrogens with one attached hydrogen (secondary N) is 2. The molecule has 3 aromatic rings. The van der Waals surface area contributed by atoms with Crippen molar-refractivity contribution < 1.29 is 19.1 Å². The number of anilines is 2. The minimum Gasteiger partial charge on any atom is -0.396 e. The molecule has 0 radical (unpaired) electrons. The summed E-state index contributed by atoms with van der Waals surface area (Å²) in [6.07, 6.45) is 3.27. The van der Waals surface area contributed by atoms with Gasteiger partial charge < -0.3 is 15.0 Å². The van der Waals surface area contributed by atoms with E-state index < -0.39 is 11.7 Å². The Morgan fingerprint density at radius 2 is 2.10 bits per heavy atom. The number of carbonyl (C=O) groups is 1. The molecule has 3 N–H and O–H groups in total. The van der Waals surface area contributed by atoms with Gasteiger partial charge in [0.1, 0.15) is 17.6 Å². The molecule has 0 atom stereocenters. The van der Waals surface area contributed by atoms with E-state index in [2.05, 4.69) is 21.9 Å². The third-order valence-electron chi connectivity index (χ3n) is 4.38. The first kappa shape index (κ1) is 23.8. The fourth-order valence-corrected chi connectivity index (χ4v) is 3.04. The molecule has 1 amide bonds. The number of pyridine rings is 1. The number of nitrogens with zero attached hydrogens (tertiary/aromatic N) is 3. The van der Waals surface area contributed by atoms with Gasteiger partial charge in [0, 0.05) is 31.4 Å². The lowest BCUT2D eigenvalue weighted by molar-refractivity contribution is 0.0256. The molecule has 0 spiro atoms. The Kier molecular flexibility index (Phi) is 8.49. The largest absolute Gasteiger partial charge is 0.396 e. The Morgan fingerprint density at radius 3 is 2.74 bits per heavy atom. The normalized spacial score (nSPS) is 10.2. The van der Waals surface area contributed by atoms with E-state index in [4.69, 9.17) is 9.94 Å². The monoisotopic (exact) mass is 427 g/mol. The number of nitriles is 1. The molecular formula is C22H26FN5O3. The van der Waals surface area contributed by atoms with E-state index in [-0.39, 0.29) is 30.2 Å². The number of amides is 1. The van der Waals surface area contributed by atoms with Gasteiger partial charge in [-0.3, -0.25) is 14.6 Å². The number of aliphatic hydroxyl groups excluding tert-OH is 1. The zero-order valence-electron chi connectivity index (χ0n) is 18.0. The second-order valence-electron chi connectivity index (χ2n) is 6.44. The highest BCUT2D eigenvalue weighted by molar-refractivity contribution is 6.10. The van der Waals surface area contributed by atoms with Crippen molar-refractivity contribution in [2.24, 2.45) is 7.05 Å². The summed E-state index contributed by atoms with van der Waals surface area (Å²) in [5.41, 5.74) is 4.47. The lowest BCUT2D eigenvalue weighted by Crippen LogP contribution is -2.27. The molecule has 0 unspecified atom stereocenters. The van der Waals surface area contributed by atoms with Crippen LogP contribution in [0, 0.1) is 24.1 Å². The number of hydrogen-bond donors (Lipinski definition) is 3. The topological polar surface area (TPSA) is 112 Å². The average Bonchev–Trinajstić information content (AvgIpc) is 3.06. The Balaban J connectivity index is 0.00000166. The van der Waals surface area contributed by atoms with Crippen LogP contribution in [0.4, 0.5) is 15.8 Å². The number of halogens is 1. The van der Waals surface area contributed by atoms with Crippen molar-refractivity contribution in [3.05, 3.63) is 53.2 Å². The Bertz CT molecular complexity index is 1100. The van der Waals surface area contributed by atoms with Gasteiger partial charge >= 0.3 is 0 Å². The van der Waals surface area contributed by atoms with Crippen LogP contribution in [-0.4, -0.2) is 33.8 Å². The van der Waals surface area contributed by atoms with Crippen LogP contribution in [0.3, 0.4) is 0 Å². The predicted molar refractivity (Wildman–Crippen MR) is 116 cm³/mol. The number of hydroxylamine groups is 1. The first-order valence-corrected chi connectivity index (χ1v) is 9.90. The van der Waals surface area contributed by atoms with Crippen LogP contribution in [-0.2, 0) is 11.9 Å². The second kappa shape index (κ2) is 11.1. The Morgan fingerprint density at radius 1 is 1.35 bits per heavy atom. The quantitative estimate of drug-likeness (QED) is 0.391. The van der Waals surface area contributed by atoms with E-state index in [1.54, 1.807) is 26.1 Å². The highest BCUT2D eigenvalue weighted by Gasteiger charge is 2.24. The van der Waals surface area contributed by atoms with E-state index >= 15 is 0 Å². The van der Waals surface area contributed by atoms with Crippen LogP contribution in [0.1, 0.15) is 41.9 Å². The summed E-state index contributed by atoms with van der Waals surface area (Å²) >= 11 is 0. The minimum atomic E-state index is -0.583. The summed E-state index contributed by atoms with van der Waals surface area (Å²) < 4.78 is 16.0. The number of rotatable bonds is 7. The van der Waals surface area contributed by atoms with Crippen molar-refractivity contribution in [2.45, 2.75) is 27.2 Å².